The lowest BCUT2D eigenvalue weighted by atomic mass is 9.96. The molecule has 6 heteroatoms. The van der Waals surface area contributed by atoms with Gasteiger partial charge < -0.3 is 14.5 Å². The quantitative estimate of drug-likeness (QED) is 0.845. The zero-order chi connectivity index (χ0) is 17.1. The molecule has 1 aliphatic carbocycles. The van der Waals surface area contributed by atoms with Gasteiger partial charge in [0.05, 0.1) is 5.69 Å². The van der Waals surface area contributed by atoms with Crippen molar-refractivity contribution < 1.29 is 9.53 Å². The van der Waals surface area contributed by atoms with Crippen LogP contribution in [0.4, 0.5) is 11.5 Å². The molecule has 2 heterocycles. The molecule has 0 aromatic carbocycles. The van der Waals surface area contributed by atoms with Gasteiger partial charge in [-0.15, -0.1) is 0 Å². The second-order valence-corrected chi connectivity index (χ2v) is 6.16. The Hall–Kier alpha value is -2.63. The summed E-state index contributed by atoms with van der Waals surface area (Å²) < 4.78 is 5.79. The fourth-order valence-corrected chi connectivity index (χ4v) is 2.56. The molecule has 0 aliphatic heterocycles. The van der Waals surface area contributed by atoms with Gasteiger partial charge in [-0.1, -0.05) is 0 Å². The molecule has 0 radical (unpaired) electrons. The average Bonchev–Trinajstić information content (AvgIpc) is 2.57. The van der Waals surface area contributed by atoms with Crippen molar-refractivity contribution in [2.75, 3.05) is 30.9 Å². The molecule has 3 rings (SSSR count). The molecule has 1 fully saturated rings. The van der Waals surface area contributed by atoms with E-state index in [1.54, 1.807) is 36.5 Å². The normalized spacial score (nSPS) is 14.0. The van der Waals surface area contributed by atoms with E-state index in [0.29, 0.717) is 11.4 Å². The van der Waals surface area contributed by atoms with Crippen molar-refractivity contribution >= 4 is 17.4 Å². The Balaban J connectivity index is 1.82. The number of hydrogen-bond donors (Lipinski definition) is 0. The Bertz CT molecular complexity index is 728. The first kappa shape index (κ1) is 16.2. The second kappa shape index (κ2) is 6.86. The molecule has 0 N–H and O–H groups in total. The molecule has 0 spiro atoms. The van der Waals surface area contributed by atoms with E-state index in [1.165, 1.54) is 6.42 Å². The van der Waals surface area contributed by atoms with E-state index in [9.17, 15) is 4.79 Å². The Labute approximate surface area is 142 Å². The maximum Gasteiger partial charge on any atom is 0.258 e. The van der Waals surface area contributed by atoms with Crippen LogP contribution in [-0.4, -0.2) is 43.1 Å². The highest BCUT2D eigenvalue weighted by Gasteiger charge is 2.22. The number of amides is 1. The predicted octanol–water partition coefficient (Wildman–Crippen LogP) is 2.75. The molecular weight excluding hydrogens is 304 g/mol. The first-order chi connectivity index (χ1) is 11.6. The molecule has 0 atom stereocenters. The number of carbonyl (C=O) groups excluding carboxylic acids is 1. The Morgan fingerprint density at radius 2 is 1.96 bits per heavy atom. The molecule has 24 heavy (non-hydrogen) atoms. The average molecular weight is 326 g/mol. The van der Waals surface area contributed by atoms with Crippen LogP contribution in [0.3, 0.4) is 0 Å². The van der Waals surface area contributed by atoms with Gasteiger partial charge in [-0.25, -0.2) is 9.97 Å². The molecule has 6 nitrogen and oxygen atoms in total. The van der Waals surface area contributed by atoms with Crippen LogP contribution in [0.5, 0.6) is 5.88 Å². The van der Waals surface area contributed by atoms with Gasteiger partial charge in [0, 0.05) is 45.2 Å². The molecule has 1 amide bonds. The minimum absolute atomic E-state index is 0.119. The summed E-state index contributed by atoms with van der Waals surface area (Å²) in [5.74, 6) is 1.14. The summed E-state index contributed by atoms with van der Waals surface area (Å²) in [6.45, 7) is 0. The molecule has 126 valence electrons. The lowest BCUT2D eigenvalue weighted by molar-refractivity contribution is 0.0987. The van der Waals surface area contributed by atoms with Crippen LogP contribution in [-0.2, 0) is 0 Å². The summed E-state index contributed by atoms with van der Waals surface area (Å²) >= 11 is 0. The number of hydrogen-bond acceptors (Lipinski definition) is 5. The molecule has 2 aromatic rings. The third kappa shape index (κ3) is 3.32. The molecule has 0 saturated heterocycles. The van der Waals surface area contributed by atoms with Gasteiger partial charge >= 0.3 is 0 Å². The number of aromatic nitrogens is 2. The van der Waals surface area contributed by atoms with E-state index in [4.69, 9.17) is 4.74 Å². The minimum Gasteiger partial charge on any atom is -0.474 e. The molecular formula is C18H22N4O2. The zero-order valence-electron chi connectivity index (χ0n) is 14.3. The van der Waals surface area contributed by atoms with Gasteiger partial charge in [0.2, 0.25) is 5.88 Å². The molecule has 2 aromatic heterocycles. The van der Waals surface area contributed by atoms with Gasteiger partial charge in [-0.05, 0) is 37.5 Å². The topological polar surface area (TPSA) is 58.6 Å². The predicted molar refractivity (Wildman–Crippen MR) is 93.8 cm³/mol. The second-order valence-electron chi connectivity index (χ2n) is 6.16. The maximum absolute atomic E-state index is 12.8. The highest BCUT2D eigenvalue weighted by atomic mass is 16.5. The van der Waals surface area contributed by atoms with E-state index < -0.39 is 0 Å². The van der Waals surface area contributed by atoms with E-state index in [1.807, 2.05) is 31.1 Å². The van der Waals surface area contributed by atoms with Crippen molar-refractivity contribution in [3.63, 3.8) is 0 Å². The molecule has 0 unspecified atom stereocenters. The fraction of sp³-hybridized carbons (Fsp3) is 0.389. The Kier molecular flexibility index (Phi) is 4.64. The monoisotopic (exact) mass is 326 g/mol. The van der Waals surface area contributed by atoms with Crippen molar-refractivity contribution in [3.05, 3.63) is 42.2 Å². The van der Waals surface area contributed by atoms with Gasteiger partial charge in [0.1, 0.15) is 6.10 Å². The SMILES string of the molecule is CN(C)c1ncccc1N(C)C(=O)c1ccnc(OC2CCC2)c1. The number of carbonyl (C=O) groups is 1. The van der Waals surface area contributed by atoms with Crippen molar-refractivity contribution in [2.24, 2.45) is 0 Å². The molecule has 0 bridgehead atoms. The van der Waals surface area contributed by atoms with Crippen LogP contribution >= 0.6 is 0 Å². The highest BCUT2D eigenvalue weighted by Crippen LogP contribution is 2.27. The van der Waals surface area contributed by atoms with Crippen LogP contribution < -0.4 is 14.5 Å². The highest BCUT2D eigenvalue weighted by molar-refractivity contribution is 6.07. The van der Waals surface area contributed by atoms with E-state index in [2.05, 4.69) is 9.97 Å². The lowest BCUT2D eigenvalue weighted by Crippen LogP contribution is -2.29. The van der Waals surface area contributed by atoms with Crippen molar-refractivity contribution in [2.45, 2.75) is 25.4 Å². The summed E-state index contributed by atoms with van der Waals surface area (Å²) in [6.07, 6.45) is 6.88. The zero-order valence-corrected chi connectivity index (χ0v) is 14.3. The Morgan fingerprint density at radius 3 is 2.62 bits per heavy atom. The minimum atomic E-state index is -0.119. The maximum atomic E-state index is 12.8. The van der Waals surface area contributed by atoms with Gasteiger partial charge in [-0.3, -0.25) is 4.79 Å². The first-order valence-electron chi connectivity index (χ1n) is 8.09. The van der Waals surface area contributed by atoms with Gasteiger partial charge in [0.25, 0.3) is 5.91 Å². The van der Waals surface area contributed by atoms with Gasteiger partial charge in [-0.2, -0.15) is 0 Å². The standard InChI is InChI=1S/C18H22N4O2/c1-21(2)17-15(8-5-10-20-17)22(3)18(23)13-9-11-19-16(12-13)24-14-6-4-7-14/h5,8-12,14H,4,6-7H2,1-3H3. The number of anilines is 2. The van der Waals surface area contributed by atoms with Crippen molar-refractivity contribution in [1.29, 1.82) is 0 Å². The van der Waals surface area contributed by atoms with E-state index in [0.717, 1.165) is 24.3 Å². The summed E-state index contributed by atoms with van der Waals surface area (Å²) in [7, 11) is 5.56. The molecule has 1 aliphatic rings. The largest absolute Gasteiger partial charge is 0.474 e. The van der Waals surface area contributed by atoms with Crippen LogP contribution in [0.15, 0.2) is 36.7 Å². The van der Waals surface area contributed by atoms with E-state index >= 15 is 0 Å². The number of nitrogens with zero attached hydrogens (tertiary/aromatic N) is 4. The van der Waals surface area contributed by atoms with E-state index in [-0.39, 0.29) is 12.0 Å². The smallest absolute Gasteiger partial charge is 0.258 e. The third-order valence-corrected chi connectivity index (χ3v) is 4.18. The van der Waals surface area contributed by atoms with Crippen molar-refractivity contribution in [3.8, 4) is 5.88 Å². The van der Waals surface area contributed by atoms with Crippen molar-refractivity contribution in [1.82, 2.24) is 9.97 Å². The first-order valence-corrected chi connectivity index (χ1v) is 8.09. The summed E-state index contributed by atoms with van der Waals surface area (Å²) in [4.78, 5) is 24.9. The third-order valence-electron chi connectivity index (χ3n) is 4.18. The van der Waals surface area contributed by atoms with Crippen LogP contribution in [0.2, 0.25) is 0 Å². The summed E-state index contributed by atoms with van der Waals surface area (Å²) in [5, 5.41) is 0. The summed E-state index contributed by atoms with van der Waals surface area (Å²) in [5.41, 5.74) is 1.31. The summed E-state index contributed by atoms with van der Waals surface area (Å²) in [6, 6.07) is 7.12. The lowest BCUT2D eigenvalue weighted by Gasteiger charge is -2.26. The fourth-order valence-electron chi connectivity index (χ4n) is 2.56. The van der Waals surface area contributed by atoms with Crippen LogP contribution in [0.1, 0.15) is 29.6 Å². The number of rotatable bonds is 5. The number of ether oxygens (including phenoxy) is 1. The number of pyridine rings is 2. The van der Waals surface area contributed by atoms with Gasteiger partial charge in [0.15, 0.2) is 5.82 Å². The molecule has 1 saturated carbocycles. The Morgan fingerprint density at radius 1 is 1.17 bits per heavy atom. The van der Waals surface area contributed by atoms with Crippen LogP contribution in [0.25, 0.3) is 0 Å². The van der Waals surface area contributed by atoms with Crippen LogP contribution in [0, 0.1) is 0 Å².